The van der Waals surface area contributed by atoms with Gasteiger partial charge >= 0.3 is 0 Å². The summed E-state index contributed by atoms with van der Waals surface area (Å²) >= 11 is 0. The van der Waals surface area contributed by atoms with Crippen molar-refractivity contribution in [1.82, 2.24) is 5.32 Å². The highest BCUT2D eigenvalue weighted by Gasteiger charge is 2.39. The van der Waals surface area contributed by atoms with E-state index in [1.54, 1.807) is 0 Å². The Kier molecular flexibility index (Phi) is 3.08. The second-order valence-electron chi connectivity index (χ2n) is 4.34. The molecular weight excluding hydrogens is 186 g/mol. The molecule has 2 heteroatoms. The molecule has 0 aliphatic carbocycles. The van der Waals surface area contributed by atoms with Crippen molar-refractivity contribution < 1.29 is 4.74 Å². The molecule has 1 heterocycles. The number of hydrogen-bond donors (Lipinski definition) is 1. The van der Waals surface area contributed by atoms with E-state index in [4.69, 9.17) is 4.74 Å². The van der Waals surface area contributed by atoms with Crippen LogP contribution in [0.3, 0.4) is 0 Å². The average molecular weight is 205 g/mol. The molecule has 0 aromatic heterocycles. The second kappa shape index (κ2) is 4.33. The Bertz CT molecular complexity index is 331. The number of ether oxygens (including phenoxy) is 1. The van der Waals surface area contributed by atoms with Crippen molar-refractivity contribution in [3.63, 3.8) is 0 Å². The zero-order valence-corrected chi connectivity index (χ0v) is 9.55. The van der Waals surface area contributed by atoms with Gasteiger partial charge in [0.25, 0.3) is 0 Å². The topological polar surface area (TPSA) is 21.3 Å². The largest absolute Gasteiger partial charge is 0.381 e. The van der Waals surface area contributed by atoms with Gasteiger partial charge in [0.1, 0.15) is 0 Å². The van der Waals surface area contributed by atoms with Crippen molar-refractivity contribution in [2.24, 2.45) is 0 Å². The molecule has 1 N–H and O–H groups in total. The zero-order valence-electron chi connectivity index (χ0n) is 9.55. The van der Waals surface area contributed by atoms with Crippen LogP contribution in [-0.4, -0.2) is 26.3 Å². The Morgan fingerprint density at radius 3 is 2.60 bits per heavy atom. The third-order valence-electron chi connectivity index (χ3n) is 3.23. The summed E-state index contributed by atoms with van der Waals surface area (Å²) in [6.07, 6.45) is 0. The summed E-state index contributed by atoms with van der Waals surface area (Å²) < 4.78 is 5.61. The molecule has 15 heavy (non-hydrogen) atoms. The highest BCUT2D eigenvalue weighted by molar-refractivity contribution is 5.36. The first-order valence-corrected chi connectivity index (χ1v) is 5.63. The lowest BCUT2D eigenvalue weighted by atomic mass is 9.74. The third kappa shape index (κ3) is 1.92. The van der Waals surface area contributed by atoms with E-state index in [1.807, 2.05) is 0 Å². The first-order chi connectivity index (χ1) is 7.28. The van der Waals surface area contributed by atoms with E-state index in [1.165, 1.54) is 11.1 Å². The van der Waals surface area contributed by atoms with Crippen molar-refractivity contribution in [3.05, 3.63) is 35.4 Å². The van der Waals surface area contributed by atoms with Crippen molar-refractivity contribution in [3.8, 4) is 0 Å². The van der Waals surface area contributed by atoms with Crippen LogP contribution in [0.4, 0.5) is 0 Å². The number of rotatable bonds is 4. The summed E-state index contributed by atoms with van der Waals surface area (Å²) in [5.41, 5.74) is 3.04. The maximum absolute atomic E-state index is 5.61. The molecule has 2 nitrogen and oxygen atoms in total. The molecule has 1 aromatic rings. The van der Waals surface area contributed by atoms with Gasteiger partial charge in [-0.3, -0.25) is 0 Å². The zero-order chi connectivity index (χ0) is 10.7. The van der Waals surface area contributed by atoms with E-state index < -0.39 is 0 Å². The fraction of sp³-hybridized carbons (Fsp3) is 0.538. The van der Waals surface area contributed by atoms with Crippen LogP contribution in [0, 0.1) is 6.92 Å². The van der Waals surface area contributed by atoms with Crippen LogP contribution < -0.4 is 5.32 Å². The lowest BCUT2D eigenvalue weighted by Crippen LogP contribution is -2.59. The second-order valence-corrected chi connectivity index (χ2v) is 4.34. The molecule has 0 saturated carbocycles. The van der Waals surface area contributed by atoms with Crippen LogP contribution in [0.15, 0.2) is 24.3 Å². The lowest BCUT2D eigenvalue weighted by Gasteiger charge is -2.43. The quantitative estimate of drug-likeness (QED) is 0.810. The summed E-state index contributed by atoms with van der Waals surface area (Å²) in [4.78, 5) is 0. The van der Waals surface area contributed by atoms with Crippen molar-refractivity contribution >= 4 is 0 Å². The molecule has 0 radical (unpaired) electrons. The Labute approximate surface area is 91.6 Å². The van der Waals surface area contributed by atoms with Crippen molar-refractivity contribution in [2.75, 3.05) is 26.3 Å². The van der Waals surface area contributed by atoms with Crippen LogP contribution in [-0.2, 0) is 10.2 Å². The molecule has 0 bridgehead atoms. The maximum Gasteiger partial charge on any atom is 0.0587 e. The van der Waals surface area contributed by atoms with E-state index in [0.717, 1.165) is 26.3 Å². The third-order valence-corrected chi connectivity index (χ3v) is 3.23. The van der Waals surface area contributed by atoms with Gasteiger partial charge in [0, 0.05) is 25.1 Å². The Balaban J connectivity index is 2.22. The molecule has 1 saturated heterocycles. The maximum atomic E-state index is 5.61. The minimum Gasteiger partial charge on any atom is -0.381 e. The van der Waals surface area contributed by atoms with Gasteiger partial charge in [0.2, 0.25) is 0 Å². The lowest BCUT2D eigenvalue weighted by molar-refractivity contribution is 0.0648. The number of aryl methyl sites for hydroxylation is 1. The molecule has 0 amide bonds. The summed E-state index contributed by atoms with van der Waals surface area (Å²) in [5.74, 6) is 0. The number of benzene rings is 1. The highest BCUT2D eigenvalue weighted by Crippen LogP contribution is 2.31. The van der Waals surface area contributed by atoms with Crippen LogP contribution >= 0.6 is 0 Å². The van der Waals surface area contributed by atoms with Gasteiger partial charge in [-0.15, -0.1) is 0 Å². The van der Waals surface area contributed by atoms with Crippen LogP contribution in [0.25, 0.3) is 0 Å². The smallest absolute Gasteiger partial charge is 0.0587 e. The molecular formula is C13H19NO. The molecule has 2 rings (SSSR count). The SMILES string of the molecule is CCOCC1(c2ccccc2C)CNC1. The summed E-state index contributed by atoms with van der Waals surface area (Å²) in [5, 5.41) is 3.36. The van der Waals surface area contributed by atoms with E-state index >= 15 is 0 Å². The molecule has 1 aliphatic rings. The first-order valence-electron chi connectivity index (χ1n) is 5.63. The molecule has 1 fully saturated rings. The molecule has 0 spiro atoms. The van der Waals surface area contributed by atoms with E-state index in [9.17, 15) is 0 Å². The van der Waals surface area contributed by atoms with Gasteiger partial charge in [0.05, 0.1) is 6.61 Å². The van der Waals surface area contributed by atoms with Crippen molar-refractivity contribution in [2.45, 2.75) is 19.3 Å². The fourth-order valence-electron chi connectivity index (χ4n) is 2.26. The number of hydrogen-bond acceptors (Lipinski definition) is 2. The first kappa shape index (κ1) is 10.7. The molecule has 1 aromatic carbocycles. The monoisotopic (exact) mass is 205 g/mol. The normalized spacial score (nSPS) is 18.5. The van der Waals surface area contributed by atoms with Gasteiger partial charge in [-0.25, -0.2) is 0 Å². The van der Waals surface area contributed by atoms with E-state index in [-0.39, 0.29) is 5.41 Å². The predicted octanol–water partition coefficient (Wildman–Crippen LogP) is 1.87. The minimum atomic E-state index is 0.224. The molecule has 1 aliphatic heterocycles. The van der Waals surface area contributed by atoms with Gasteiger partial charge < -0.3 is 10.1 Å². The molecule has 0 unspecified atom stereocenters. The van der Waals surface area contributed by atoms with E-state index in [0.29, 0.717) is 0 Å². The summed E-state index contributed by atoms with van der Waals surface area (Å²) in [6, 6.07) is 8.63. The molecule has 0 atom stereocenters. The minimum absolute atomic E-state index is 0.224. The van der Waals surface area contributed by atoms with Crippen molar-refractivity contribution in [1.29, 1.82) is 0 Å². The van der Waals surface area contributed by atoms with E-state index in [2.05, 4.69) is 43.4 Å². The molecule has 82 valence electrons. The Morgan fingerprint density at radius 2 is 2.07 bits per heavy atom. The van der Waals surface area contributed by atoms with Gasteiger partial charge in [0.15, 0.2) is 0 Å². The summed E-state index contributed by atoms with van der Waals surface area (Å²) in [7, 11) is 0. The van der Waals surface area contributed by atoms with Crippen LogP contribution in [0.2, 0.25) is 0 Å². The van der Waals surface area contributed by atoms with Gasteiger partial charge in [-0.1, -0.05) is 24.3 Å². The predicted molar refractivity (Wildman–Crippen MR) is 62.2 cm³/mol. The van der Waals surface area contributed by atoms with Crippen LogP contribution in [0.1, 0.15) is 18.1 Å². The number of nitrogens with one attached hydrogen (secondary N) is 1. The van der Waals surface area contributed by atoms with Gasteiger partial charge in [-0.05, 0) is 25.0 Å². The average Bonchev–Trinajstić information content (AvgIpc) is 2.19. The van der Waals surface area contributed by atoms with Gasteiger partial charge in [-0.2, -0.15) is 0 Å². The highest BCUT2D eigenvalue weighted by atomic mass is 16.5. The Morgan fingerprint density at radius 1 is 1.33 bits per heavy atom. The Hall–Kier alpha value is -0.860. The fourth-order valence-corrected chi connectivity index (χ4v) is 2.26. The standard InChI is InChI=1S/C13H19NO/c1-3-15-10-13(8-14-9-13)12-7-5-4-6-11(12)2/h4-7,14H,3,8-10H2,1-2H3. The summed E-state index contributed by atoms with van der Waals surface area (Å²) in [6.45, 7) is 7.95. The van der Waals surface area contributed by atoms with Crippen LogP contribution in [0.5, 0.6) is 0 Å².